The zero-order chi connectivity index (χ0) is 18.5. The van der Waals surface area contributed by atoms with Gasteiger partial charge in [-0.2, -0.15) is 0 Å². The Morgan fingerprint density at radius 2 is 1.23 bits per heavy atom. The molecule has 0 aliphatic carbocycles. The van der Waals surface area contributed by atoms with E-state index in [1.165, 1.54) is 25.7 Å². The molecule has 2 rings (SSSR count). The number of thiocarbonyl (C=S) groups is 2. The zero-order valence-corrected chi connectivity index (χ0v) is 19.8. The van der Waals surface area contributed by atoms with Gasteiger partial charge in [-0.1, -0.05) is 58.9 Å². The second kappa shape index (κ2) is 15.3. The van der Waals surface area contributed by atoms with E-state index in [2.05, 4.69) is 10.6 Å². The molecule has 150 valence electrons. The minimum absolute atomic E-state index is 0.103. The van der Waals surface area contributed by atoms with Crippen molar-refractivity contribution in [3.63, 3.8) is 0 Å². The summed E-state index contributed by atoms with van der Waals surface area (Å²) in [6.07, 6.45) is 5.28. The van der Waals surface area contributed by atoms with Crippen LogP contribution in [0.2, 0.25) is 0 Å². The summed E-state index contributed by atoms with van der Waals surface area (Å²) in [6, 6.07) is 0. The lowest BCUT2D eigenvalue weighted by atomic mass is 10.2. The monoisotopic (exact) mass is 472 g/mol. The molecule has 0 aromatic heterocycles. The Morgan fingerprint density at radius 3 is 1.62 bits per heavy atom. The molecule has 2 unspecified atom stereocenters. The van der Waals surface area contributed by atoms with Gasteiger partial charge in [-0.3, -0.25) is 0 Å². The molecule has 2 N–H and O–H groups in total. The molecule has 2 aliphatic rings. The molecule has 2 heterocycles. The minimum Gasteiger partial charge on any atom is -0.369 e. The predicted octanol–water partition coefficient (Wildman–Crippen LogP) is 3.94. The number of ether oxygens (including phenoxy) is 2. The van der Waals surface area contributed by atoms with E-state index in [4.69, 9.17) is 33.9 Å². The number of unbranched alkanes of at least 4 members (excludes halogenated alkanes) is 3. The SMILES string of the molecule is S=C(SSCCCCCCSSC(=S)C1CNCCO1)C1CNCCO1. The number of hydrogen-bond donors (Lipinski definition) is 2. The third-order valence-electron chi connectivity index (χ3n) is 3.87. The average Bonchev–Trinajstić information content (AvgIpc) is 2.70. The van der Waals surface area contributed by atoms with E-state index in [1.54, 1.807) is 21.6 Å². The Balaban J connectivity index is 1.34. The van der Waals surface area contributed by atoms with Crippen LogP contribution in [0.3, 0.4) is 0 Å². The van der Waals surface area contributed by atoms with Crippen molar-refractivity contribution in [1.29, 1.82) is 0 Å². The summed E-state index contributed by atoms with van der Waals surface area (Å²) < 4.78 is 13.3. The fourth-order valence-electron chi connectivity index (χ4n) is 2.42. The lowest BCUT2D eigenvalue weighted by molar-refractivity contribution is 0.0743. The number of nitrogens with one attached hydrogen (secondary N) is 2. The number of morpholine rings is 2. The highest BCUT2D eigenvalue weighted by Crippen LogP contribution is 2.29. The average molecular weight is 473 g/mol. The molecular formula is C16H28N2O2S6. The first-order valence-electron chi connectivity index (χ1n) is 9.08. The lowest BCUT2D eigenvalue weighted by Crippen LogP contribution is -2.41. The van der Waals surface area contributed by atoms with Crippen LogP contribution in [-0.4, -0.2) is 71.5 Å². The molecule has 2 saturated heterocycles. The van der Waals surface area contributed by atoms with Gasteiger partial charge in [0.25, 0.3) is 0 Å². The molecule has 0 spiro atoms. The van der Waals surface area contributed by atoms with Crippen molar-refractivity contribution in [3.8, 4) is 0 Å². The smallest absolute Gasteiger partial charge is 0.112 e. The molecule has 0 radical (unpaired) electrons. The first kappa shape index (κ1) is 23.7. The largest absolute Gasteiger partial charge is 0.369 e. The second-order valence-electron chi connectivity index (χ2n) is 5.99. The Labute approximate surface area is 184 Å². The van der Waals surface area contributed by atoms with Crippen LogP contribution in [0.15, 0.2) is 0 Å². The number of hydrogen-bond acceptors (Lipinski definition) is 10. The van der Waals surface area contributed by atoms with Crippen LogP contribution >= 0.6 is 67.6 Å². The molecule has 0 aromatic carbocycles. The maximum absolute atomic E-state index is 5.67. The summed E-state index contributed by atoms with van der Waals surface area (Å²) in [5.74, 6) is 2.31. The van der Waals surface area contributed by atoms with Crippen molar-refractivity contribution in [2.24, 2.45) is 0 Å². The maximum atomic E-state index is 5.67. The fraction of sp³-hybridized carbons (Fsp3) is 0.875. The summed E-state index contributed by atoms with van der Waals surface area (Å²) in [4.78, 5) is 0. The summed E-state index contributed by atoms with van der Waals surface area (Å²) in [5.41, 5.74) is 0. The molecule has 2 fully saturated rings. The Morgan fingerprint density at radius 1 is 0.769 bits per heavy atom. The van der Waals surface area contributed by atoms with Crippen molar-refractivity contribution in [1.82, 2.24) is 10.6 Å². The van der Waals surface area contributed by atoms with Crippen LogP contribution in [0.5, 0.6) is 0 Å². The lowest BCUT2D eigenvalue weighted by Gasteiger charge is -2.23. The Kier molecular flexibility index (Phi) is 13.9. The zero-order valence-electron chi connectivity index (χ0n) is 14.9. The van der Waals surface area contributed by atoms with Crippen LogP contribution in [0.25, 0.3) is 0 Å². The van der Waals surface area contributed by atoms with Crippen molar-refractivity contribution in [2.45, 2.75) is 37.9 Å². The van der Waals surface area contributed by atoms with Gasteiger partial charge in [-0.05, 0) is 34.4 Å². The normalized spacial score (nSPS) is 23.7. The maximum Gasteiger partial charge on any atom is 0.112 e. The molecule has 4 nitrogen and oxygen atoms in total. The molecule has 10 heteroatoms. The van der Waals surface area contributed by atoms with Gasteiger partial charge < -0.3 is 20.1 Å². The van der Waals surface area contributed by atoms with Crippen molar-refractivity contribution < 1.29 is 9.47 Å². The van der Waals surface area contributed by atoms with Crippen molar-refractivity contribution in [3.05, 3.63) is 0 Å². The summed E-state index contributed by atoms with van der Waals surface area (Å²) in [5, 5.41) is 6.64. The summed E-state index contributed by atoms with van der Waals surface area (Å²) in [6.45, 7) is 5.11. The quantitative estimate of drug-likeness (QED) is 0.262. The van der Waals surface area contributed by atoms with Gasteiger partial charge in [0.05, 0.1) is 21.6 Å². The van der Waals surface area contributed by atoms with Crippen LogP contribution in [-0.2, 0) is 9.47 Å². The Bertz CT molecular complexity index is 380. The molecule has 26 heavy (non-hydrogen) atoms. The molecule has 2 aliphatic heterocycles. The molecule has 0 bridgehead atoms. The van der Waals surface area contributed by atoms with Gasteiger partial charge in [0.2, 0.25) is 0 Å². The van der Waals surface area contributed by atoms with Gasteiger partial charge in [0.1, 0.15) is 12.2 Å². The summed E-state index contributed by atoms with van der Waals surface area (Å²) >= 11 is 10.9. The van der Waals surface area contributed by atoms with E-state index in [0.29, 0.717) is 0 Å². The van der Waals surface area contributed by atoms with Crippen LogP contribution in [0.1, 0.15) is 25.7 Å². The van der Waals surface area contributed by atoms with E-state index < -0.39 is 0 Å². The second-order valence-corrected chi connectivity index (χ2v) is 12.3. The first-order chi connectivity index (χ1) is 12.8. The van der Waals surface area contributed by atoms with Gasteiger partial charge in [-0.25, -0.2) is 0 Å². The third kappa shape index (κ3) is 10.3. The van der Waals surface area contributed by atoms with Gasteiger partial charge in [0, 0.05) is 37.7 Å². The van der Waals surface area contributed by atoms with E-state index in [0.717, 1.165) is 59.3 Å². The summed E-state index contributed by atoms with van der Waals surface area (Å²) in [7, 11) is 7.16. The highest BCUT2D eigenvalue weighted by molar-refractivity contribution is 8.84. The molecule has 0 amide bonds. The molecule has 0 saturated carbocycles. The number of rotatable bonds is 11. The van der Waals surface area contributed by atoms with Crippen LogP contribution in [0.4, 0.5) is 0 Å². The third-order valence-corrected chi connectivity index (χ3v) is 10.3. The predicted molar refractivity (Wildman–Crippen MR) is 129 cm³/mol. The van der Waals surface area contributed by atoms with E-state index in [1.807, 2.05) is 21.6 Å². The molecule has 0 aromatic rings. The van der Waals surface area contributed by atoms with Crippen molar-refractivity contribution in [2.75, 3.05) is 50.9 Å². The molecule has 2 atom stereocenters. The van der Waals surface area contributed by atoms with E-state index >= 15 is 0 Å². The van der Waals surface area contributed by atoms with E-state index in [-0.39, 0.29) is 12.2 Å². The van der Waals surface area contributed by atoms with Crippen molar-refractivity contribution >= 4 is 76.0 Å². The van der Waals surface area contributed by atoms with E-state index in [9.17, 15) is 0 Å². The molecular weight excluding hydrogens is 445 g/mol. The topological polar surface area (TPSA) is 42.5 Å². The highest BCUT2D eigenvalue weighted by Gasteiger charge is 2.19. The Hall–Kier alpha value is 1.42. The fourth-order valence-corrected chi connectivity index (χ4v) is 7.69. The minimum atomic E-state index is 0.103. The van der Waals surface area contributed by atoms with Gasteiger partial charge >= 0.3 is 0 Å². The van der Waals surface area contributed by atoms with Crippen LogP contribution < -0.4 is 10.6 Å². The van der Waals surface area contributed by atoms with Crippen LogP contribution in [0, 0.1) is 0 Å². The van der Waals surface area contributed by atoms with Gasteiger partial charge in [-0.15, -0.1) is 0 Å². The van der Waals surface area contributed by atoms with Gasteiger partial charge in [0.15, 0.2) is 0 Å². The first-order valence-corrected chi connectivity index (χ1v) is 14.5. The standard InChI is InChI=1S/C16H28N2O2S6/c21-15(13-11-17-5-7-19-13)25-23-9-3-1-2-4-10-24-26-16(22)14-12-18-6-8-20-14/h13-14,17-18H,1-12H2. The highest BCUT2D eigenvalue weighted by atomic mass is 33.1.